The van der Waals surface area contributed by atoms with E-state index in [0.717, 1.165) is 5.56 Å². The maximum Gasteiger partial charge on any atom is 0.338 e. The van der Waals surface area contributed by atoms with Gasteiger partial charge in [0.05, 0.1) is 18.4 Å². The zero-order chi connectivity index (χ0) is 14.8. The molecule has 3 aromatic rings. The number of ether oxygens (including phenoxy) is 1. The lowest BCUT2D eigenvalue weighted by atomic mass is 10.0. The van der Waals surface area contributed by atoms with Gasteiger partial charge in [-0.3, -0.25) is 0 Å². The molecule has 0 saturated heterocycles. The van der Waals surface area contributed by atoms with Gasteiger partial charge in [-0.1, -0.05) is 17.7 Å². The molecular formula is C15H12ClN3O2. The minimum Gasteiger partial charge on any atom is -0.462 e. The molecule has 2 heterocycles. The molecule has 0 bridgehead atoms. The SMILES string of the molecule is CCOC(=O)c1cc(Cl)ccc1-c1cnn2cccnc12. The van der Waals surface area contributed by atoms with Crippen molar-refractivity contribution in [2.45, 2.75) is 6.92 Å². The molecule has 5 nitrogen and oxygen atoms in total. The van der Waals surface area contributed by atoms with Crippen LogP contribution in [-0.4, -0.2) is 27.2 Å². The Hall–Kier alpha value is -2.40. The molecule has 0 atom stereocenters. The highest BCUT2D eigenvalue weighted by molar-refractivity contribution is 6.31. The van der Waals surface area contributed by atoms with Crippen LogP contribution in [0.4, 0.5) is 0 Å². The largest absolute Gasteiger partial charge is 0.462 e. The molecule has 3 rings (SSSR count). The van der Waals surface area contributed by atoms with Crippen LogP contribution in [0.2, 0.25) is 5.02 Å². The lowest BCUT2D eigenvalue weighted by Crippen LogP contribution is -2.06. The molecule has 6 heteroatoms. The zero-order valence-corrected chi connectivity index (χ0v) is 12.0. The second-order valence-electron chi connectivity index (χ2n) is 4.36. The third kappa shape index (κ3) is 2.48. The van der Waals surface area contributed by atoms with E-state index in [4.69, 9.17) is 16.3 Å². The van der Waals surface area contributed by atoms with Crippen LogP contribution in [0, 0.1) is 0 Å². The van der Waals surface area contributed by atoms with Crippen LogP contribution < -0.4 is 0 Å². The first-order valence-corrected chi connectivity index (χ1v) is 6.84. The Morgan fingerprint density at radius 3 is 3.05 bits per heavy atom. The van der Waals surface area contributed by atoms with Gasteiger partial charge in [-0.15, -0.1) is 0 Å². The summed E-state index contributed by atoms with van der Waals surface area (Å²) >= 11 is 6.00. The van der Waals surface area contributed by atoms with Crippen LogP contribution in [0.3, 0.4) is 0 Å². The van der Waals surface area contributed by atoms with Gasteiger partial charge in [-0.2, -0.15) is 5.10 Å². The molecule has 0 amide bonds. The number of rotatable bonds is 3. The molecule has 2 aromatic heterocycles. The minimum atomic E-state index is -0.412. The average Bonchev–Trinajstić information content (AvgIpc) is 2.91. The number of halogens is 1. The van der Waals surface area contributed by atoms with Crippen molar-refractivity contribution in [2.75, 3.05) is 6.61 Å². The number of esters is 1. The number of carbonyl (C=O) groups excluding carboxylic acids is 1. The number of benzene rings is 1. The summed E-state index contributed by atoms with van der Waals surface area (Å²) in [7, 11) is 0. The summed E-state index contributed by atoms with van der Waals surface area (Å²) in [6.07, 6.45) is 5.15. The maximum atomic E-state index is 12.1. The number of fused-ring (bicyclic) bond motifs is 1. The van der Waals surface area contributed by atoms with Gasteiger partial charge in [0.2, 0.25) is 0 Å². The van der Waals surface area contributed by atoms with Crippen molar-refractivity contribution in [3.8, 4) is 11.1 Å². The predicted molar refractivity (Wildman–Crippen MR) is 79.4 cm³/mol. The molecule has 0 saturated carbocycles. The van der Waals surface area contributed by atoms with E-state index >= 15 is 0 Å². The van der Waals surface area contributed by atoms with Crippen molar-refractivity contribution in [3.63, 3.8) is 0 Å². The summed E-state index contributed by atoms with van der Waals surface area (Å²) in [6.45, 7) is 2.07. The molecule has 1 aromatic carbocycles. The fourth-order valence-corrected chi connectivity index (χ4v) is 2.32. The second-order valence-corrected chi connectivity index (χ2v) is 4.79. The van der Waals surface area contributed by atoms with Crippen molar-refractivity contribution in [3.05, 3.63) is 53.4 Å². The Bertz CT molecular complexity index is 814. The van der Waals surface area contributed by atoms with Crippen molar-refractivity contribution in [1.82, 2.24) is 14.6 Å². The van der Waals surface area contributed by atoms with E-state index in [-0.39, 0.29) is 0 Å². The van der Waals surface area contributed by atoms with E-state index in [1.807, 2.05) is 0 Å². The first-order chi connectivity index (χ1) is 10.2. The van der Waals surface area contributed by atoms with Gasteiger partial charge in [0.15, 0.2) is 5.65 Å². The van der Waals surface area contributed by atoms with Crippen LogP contribution in [0.15, 0.2) is 42.9 Å². The topological polar surface area (TPSA) is 56.5 Å². The number of carbonyl (C=O) groups is 1. The molecule has 0 fully saturated rings. The lowest BCUT2D eigenvalue weighted by Gasteiger charge is -2.08. The van der Waals surface area contributed by atoms with Gasteiger partial charge in [0.1, 0.15) is 0 Å². The molecule has 0 unspecified atom stereocenters. The van der Waals surface area contributed by atoms with Gasteiger partial charge in [0, 0.05) is 28.5 Å². The second kappa shape index (κ2) is 5.54. The first kappa shape index (κ1) is 13.6. The zero-order valence-electron chi connectivity index (χ0n) is 11.3. The molecule has 0 aliphatic rings. The number of aromatic nitrogens is 3. The molecule has 21 heavy (non-hydrogen) atoms. The average molecular weight is 302 g/mol. The smallest absolute Gasteiger partial charge is 0.338 e. The third-order valence-corrected chi connectivity index (χ3v) is 3.28. The van der Waals surface area contributed by atoms with Gasteiger partial charge in [0.25, 0.3) is 0 Å². The molecule has 0 aliphatic heterocycles. The van der Waals surface area contributed by atoms with E-state index < -0.39 is 5.97 Å². The Kier molecular flexibility index (Phi) is 3.58. The molecule has 0 spiro atoms. The quantitative estimate of drug-likeness (QED) is 0.697. The molecular weight excluding hydrogens is 290 g/mol. The number of hydrogen-bond acceptors (Lipinski definition) is 4. The molecule has 106 valence electrons. The van der Waals surface area contributed by atoms with Crippen molar-refractivity contribution in [1.29, 1.82) is 0 Å². The highest BCUT2D eigenvalue weighted by Crippen LogP contribution is 2.29. The van der Waals surface area contributed by atoms with E-state index in [2.05, 4.69) is 10.1 Å². The Balaban J connectivity index is 2.20. The summed E-state index contributed by atoms with van der Waals surface area (Å²) in [5, 5.41) is 4.71. The Morgan fingerprint density at radius 1 is 1.38 bits per heavy atom. The van der Waals surface area contributed by atoms with Gasteiger partial charge in [-0.25, -0.2) is 14.3 Å². The number of hydrogen-bond donors (Lipinski definition) is 0. The van der Waals surface area contributed by atoms with E-state index in [1.165, 1.54) is 0 Å². The van der Waals surface area contributed by atoms with E-state index in [0.29, 0.717) is 28.4 Å². The van der Waals surface area contributed by atoms with E-state index in [9.17, 15) is 4.79 Å². The maximum absolute atomic E-state index is 12.1. The summed E-state index contributed by atoms with van der Waals surface area (Å²) < 4.78 is 6.74. The van der Waals surface area contributed by atoms with Crippen LogP contribution in [0.25, 0.3) is 16.8 Å². The Morgan fingerprint density at radius 2 is 2.24 bits per heavy atom. The van der Waals surface area contributed by atoms with Crippen LogP contribution in [0.1, 0.15) is 17.3 Å². The standard InChI is InChI=1S/C15H12ClN3O2/c1-2-21-15(20)12-8-10(16)4-5-11(12)13-9-18-19-7-3-6-17-14(13)19/h3-9H,2H2,1H3. The van der Waals surface area contributed by atoms with Crippen LogP contribution in [-0.2, 0) is 4.74 Å². The normalized spacial score (nSPS) is 10.8. The van der Waals surface area contributed by atoms with Crippen LogP contribution >= 0.6 is 11.6 Å². The first-order valence-electron chi connectivity index (χ1n) is 6.46. The highest BCUT2D eigenvalue weighted by Gasteiger charge is 2.18. The Labute approximate surface area is 126 Å². The fourth-order valence-electron chi connectivity index (χ4n) is 2.15. The van der Waals surface area contributed by atoms with Crippen molar-refractivity contribution >= 4 is 23.2 Å². The summed E-state index contributed by atoms with van der Waals surface area (Å²) in [4.78, 5) is 16.4. The summed E-state index contributed by atoms with van der Waals surface area (Å²) in [5.41, 5.74) is 2.54. The van der Waals surface area contributed by atoms with Gasteiger partial charge >= 0.3 is 5.97 Å². The van der Waals surface area contributed by atoms with E-state index in [1.54, 1.807) is 54.3 Å². The summed E-state index contributed by atoms with van der Waals surface area (Å²) in [5.74, 6) is -0.412. The van der Waals surface area contributed by atoms with Gasteiger partial charge in [-0.05, 0) is 25.1 Å². The third-order valence-electron chi connectivity index (χ3n) is 3.05. The van der Waals surface area contributed by atoms with Crippen molar-refractivity contribution < 1.29 is 9.53 Å². The van der Waals surface area contributed by atoms with Crippen molar-refractivity contribution in [2.24, 2.45) is 0 Å². The monoisotopic (exact) mass is 301 g/mol. The highest BCUT2D eigenvalue weighted by atomic mass is 35.5. The van der Waals surface area contributed by atoms with Crippen LogP contribution in [0.5, 0.6) is 0 Å². The predicted octanol–water partition coefficient (Wildman–Crippen LogP) is 3.23. The molecule has 0 N–H and O–H groups in total. The number of nitrogens with zero attached hydrogens (tertiary/aromatic N) is 3. The lowest BCUT2D eigenvalue weighted by molar-refractivity contribution is 0.0527. The van der Waals surface area contributed by atoms with Gasteiger partial charge < -0.3 is 4.74 Å². The minimum absolute atomic E-state index is 0.303. The molecule has 0 radical (unpaired) electrons. The molecule has 0 aliphatic carbocycles. The summed E-state index contributed by atoms with van der Waals surface area (Å²) in [6, 6.07) is 6.89. The fraction of sp³-hybridized carbons (Fsp3) is 0.133.